The lowest BCUT2D eigenvalue weighted by Crippen LogP contribution is -1.96. The van der Waals surface area contributed by atoms with Crippen molar-refractivity contribution in [3.63, 3.8) is 0 Å². The van der Waals surface area contributed by atoms with Crippen molar-refractivity contribution in [1.82, 2.24) is 9.97 Å². The molecule has 120 valence electrons. The number of methoxy groups -OCH3 is 1. The molecule has 0 amide bonds. The smallest absolute Gasteiger partial charge is 0.224 e. The summed E-state index contributed by atoms with van der Waals surface area (Å²) in [5, 5.41) is 4.15. The molecule has 6 heteroatoms. The highest BCUT2D eigenvalue weighted by atomic mass is 16.5. The largest absolute Gasteiger partial charge is 0.497 e. The normalized spacial score (nSPS) is 10.5. The molecule has 0 atom stereocenters. The van der Waals surface area contributed by atoms with Crippen LogP contribution in [0.3, 0.4) is 0 Å². The molecular formula is C18H16N4O2. The van der Waals surface area contributed by atoms with Gasteiger partial charge in [0.2, 0.25) is 5.88 Å². The summed E-state index contributed by atoms with van der Waals surface area (Å²) in [6, 6.07) is 18.7. The molecule has 1 heterocycles. The van der Waals surface area contributed by atoms with Gasteiger partial charge < -0.3 is 9.47 Å². The van der Waals surface area contributed by atoms with Crippen molar-refractivity contribution in [1.29, 1.82) is 0 Å². The van der Waals surface area contributed by atoms with E-state index in [1.165, 1.54) is 6.33 Å². The van der Waals surface area contributed by atoms with Crippen molar-refractivity contribution in [3.8, 4) is 17.4 Å². The quantitative estimate of drug-likeness (QED) is 0.554. The lowest BCUT2D eigenvalue weighted by molar-refractivity contribution is 0.415. The average molecular weight is 320 g/mol. The first-order valence-electron chi connectivity index (χ1n) is 7.31. The van der Waals surface area contributed by atoms with Crippen LogP contribution in [0.1, 0.15) is 5.56 Å². The van der Waals surface area contributed by atoms with Gasteiger partial charge in [-0.25, -0.2) is 9.97 Å². The summed E-state index contributed by atoms with van der Waals surface area (Å²) >= 11 is 0. The van der Waals surface area contributed by atoms with Crippen molar-refractivity contribution in [2.75, 3.05) is 12.5 Å². The van der Waals surface area contributed by atoms with E-state index in [2.05, 4.69) is 20.5 Å². The van der Waals surface area contributed by atoms with Gasteiger partial charge in [-0.1, -0.05) is 18.2 Å². The maximum atomic E-state index is 5.65. The minimum atomic E-state index is 0.443. The summed E-state index contributed by atoms with van der Waals surface area (Å²) in [7, 11) is 1.63. The molecule has 0 aliphatic carbocycles. The molecule has 2 aromatic carbocycles. The van der Waals surface area contributed by atoms with Crippen LogP contribution < -0.4 is 14.9 Å². The second kappa shape index (κ2) is 7.73. The van der Waals surface area contributed by atoms with Gasteiger partial charge in [-0.05, 0) is 42.0 Å². The van der Waals surface area contributed by atoms with Crippen molar-refractivity contribution < 1.29 is 9.47 Å². The van der Waals surface area contributed by atoms with Crippen LogP contribution in [0.15, 0.2) is 72.1 Å². The van der Waals surface area contributed by atoms with E-state index in [1.807, 2.05) is 54.6 Å². The van der Waals surface area contributed by atoms with E-state index in [4.69, 9.17) is 9.47 Å². The molecule has 0 saturated heterocycles. The summed E-state index contributed by atoms with van der Waals surface area (Å²) in [6.07, 6.45) is 3.11. The van der Waals surface area contributed by atoms with Gasteiger partial charge in [0.25, 0.3) is 0 Å². The number of rotatable bonds is 6. The second-order valence-electron chi connectivity index (χ2n) is 4.80. The minimum Gasteiger partial charge on any atom is -0.497 e. The minimum absolute atomic E-state index is 0.443. The van der Waals surface area contributed by atoms with Crippen LogP contribution >= 0.6 is 0 Å². The maximum absolute atomic E-state index is 5.65. The van der Waals surface area contributed by atoms with Crippen LogP contribution in [0.4, 0.5) is 5.82 Å². The second-order valence-corrected chi connectivity index (χ2v) is 4.80. The molecule has 0 unspecified atom stereocenters. The van der Waals surface area contributed by atoms with E-state index in [-0.39, 0.29) is 0 Å². The van der Waals surface area contributed by atoms with E-state index >= 15 is 0 Å². The molecule has 0 saturated carbocycles. The van der Waals surface area contributed by atoms with Gasteiger partial charge in [0.15, 0.2) is 5.82 Å². The highest BCUT2D eigenvalue weighted by molar-refractivity contribution is 5.80. The van der Waals surface area contributed by atoms with Crippen LogP contribution in [-0.4, -0.2) is 23.3 Å². The third-order valence-corrected chi connectivity index (χ3v) is 3.12. The molecule has 24 heavy (non-hydrogen) atoms. The Morgan fingerprint density at radius 1 is 0.958 bits per heavy atom. The monoisotopic (exact) mass is 320 g/mol. The first-order chi connectivity index (χ1) is 11.8. The van der Waals surface area contributed by atoms with Crippen LogP contribution in [0.25, 0.3) is 0 Å². The third-order valence-electron chi connectivity index (χ3n) is 3.12. The third kappa shape index (κ3) is 4.30. The van der Waals surface area contributed by atoms with Gasteiger partial charge >= 0.3 is 0 Å². The molecule has 0 bridgehead atoms. The Hall–Kier alpha value is -3.41. The Labute approximate surface area is 139 Å². The molecule has 3 aromatic rings. The number of para-hydroxylation sites is 1. The van der Waals surface area contributed by atoms with E-state index in [0.717, 1.165) is 11.3 Å². The van der Waals surface area contributed by atoms with Gasteiger partial charge in [-0.2, -0.15) is 5.10 Å². The maximum Gasteiger partial charge on any atom is 0.224 e. The lowest BCUT2D eigenvalue weighted by atomic mass is 10.2. The molecule has 1 aromatic heterocycles. The Kier molecular flexibility index (Phi) is 4.99. The van der Waals surface area contributed by atoms with Gasteiger partial charge in [0.05, 0.1) is 13.3 Å². The van der Waals surface area contributed by atoms with Crippen LogP contribution in [0, 0.1) is 0 Å². The number of nitrogens with zero attached hydrogens (tertiary/aromatic N) is 3. The standard InChI is InChI=1S/C18H16N4O2/c1-23-15-9-7-14(8-10-15)12-21-22-17-11-18(20-13-19-17)24-16-5-3-2-4-6-16/h2-13H,1H3,(H,19,20,22). The highest BCUT2D eigenvalue weighted by Crippen LogP contribution is 2.19. The lowest BCUT2D eigenvalue weighted by Gasteiger charge is -2.05. The van der Waals surface area contributed by atoms with Crippen LogP contribution in [0.5, 0.6) is 17.4 Å². The number of ether oxygens (including phenoxy) is 2. The zero-order valence-electron chi connectivity index (χ0n) is 13.1. The molecule has 0 aliphatic heterocycles. The fourth-order valence-electron chi connectivity index (χ4n) is 1.93. The number of nitrogens with one attached hydrogen (secondary N) is 1. The average Bonchev–Trinajstić information content (AvgIpc) is 2.63. The summed E-state index contributed by atoms with van der Waals surface area (Å²) in [5.74, 6) is 2.50. The van der Waals surface area contributed by atoms with E-state index in [9.17, 15) is 0 Å². The highest BCUT2D eigenvalue weighted by Gasteiger charge is 2.00. The number of aromatic nitrogens is 2. The molecule has 1 N–H and O–H groups in total. The van der Waals surface area contributed by atoms with Gasteiger partial charge in [-0.15, -0.1) is 0 Å². The number of anilines is 1. The van der Waals surface area contributed by atoms with Crippen molar-refractivity contribution in [2.45, 2.75) is 0 Å². The van der Waals surface area contributed by atoms with Crippen molar-refractivity contribution in [2.24, 2.45) is 5.10 Å². The first-order valence-corrected chi connectivity index (χ1v) is 7.31. The summed E-state index contributed by atoms with van der Waals surface area (Å²) in [4.78, 5) is 8.18. The Morgan fingerprint density at radius 2 is 1.75 bits per heavy atom. The molecule has 0 spiro atoms. The Balaban J connectivity index is 1.62. The van der Waals surface area contributed by atoms with Crippen LogP contribution in [0.2, 0.25) is 0 Å². The van der Waals surface area contributed by atoms with E-state index in [1.54, 1.807) is 19.4 Å². The number of hydrazone groups is 1. The van der Waals surface area contributed by atoms with Crippen molar-refractivity contribution >= 4 is 12.0 Å². The van der Waals surface area contributed by atoms with Crippen molar-refractivity contribution in [3.05, 3.63) is 72.6 Å². The fraction of sp³-hybridized carbons (Fsp3) is 0.0556. The predicted molar refractivity (Wildman–Crippen MR) is 92.8 cm³/mol. The first kappa shape index (κ1) is 15.5. The fourth-order valence-corrected chi connectivity index (χ4v) is 1.93. The summed E-state index contributed by atoms with van der Waals surface area (Å²) < 4.78 is 10.8. The summed E-state index contributed by atoms with van der Waals surface area (Å²) in [6.45, 7) is 0. The zero-order chi connectivity index (χ0) is 16.6. The van der Waals surface area contributed by atoms with Gasteiger partial charge in [0.1, 0.15) is 17.8 Å². The topological polar surface area (TPSA) is 68.6 Å². The SMILES string of the molecule is COc1ccc(C=NNc2cc(Oc3ccccc3)ncn2)cc1. The number of hydrogen-bond donors (Lipinski definition) is 1. The van der Waals surface area contributed by atoms with Crippen LogP contribution in [-0.2, 0) is 0 Å². The molecule has 0 fully saturated rings. The van der Waals surface area contributed by atoms with Gasteiger partial charge in [0, 0.05) is 6.07 Å². The number of hydrogen-bond acceptors (Lipinski definition) is 6. The molecule has 6 nitrogen and oxygen atoms in total. The Morgan fingerprint density at radius 3 is 2.50 bits per heavy atom. The molecule has 3 rings (SSSR count). The predicted octanol–water partition coefficient (Wildman–Crippen LogP) is 3.72. The van der Waals surface area contributed by atoms with E-state index < -0.39 is 0 Å². The number of benzene rings is 2. The molecular weight excluding hydrogens is 304 g/mol. The van der Waals surface area contributed by atoms with Gasteiger partial charge in [-0.3, -0.25) is 5.43 Å². The van der Waals surface area contributed by atoms with E-state index in [0.29, 0.717) is 17.4 Å². The molecule has 0 aliphatic rings. The molecule has 0 radical (unpaired) electrons. The Bertz CT molecular complexity index is 805. The summed E-state index contributed by atoms with van der Waals surface area (Å²) in [5.41, 5.74) is 3.80. The zero-order valence-corrected chi connectivity index (χ0v) is 13.1.